The molecule has 0 saturated carbocycles. The number of hydrogen-bond donors (Lipinski definition) is 3. The van der Waals surface area contributed by atoms with Gasteiger partial charge in [-0.05, 0) is 44.2 Å². The maximum absolute atomic E-state index is 14.1. The van der Waals surface area contributed by atoms with Crippen LogP contribution in [0.1, 0.15) is 63.4 Å². The first-order valence-corrected chi connectivity index (χ1v) is 16.5. The van der Waals surface area contributed by atoms with Crippen molar-refractivity contribution in [1.29, 1.82) is 0 Å². The molecule has 0 amide bonds. The Morgan fingerprint density at radius 3 is 2.60 bits per heavy atom. The zero-order chi connectivity index (χ0) is 31.4. The number of nitrogens with one attached hydrogen (secondary N) is 2. The van der Waals surface area contributed by atoms with Crippen LogP contribution in [0.15, 0.2) is 36.9 Å². The first-order chi connectivity index (χ1) is 20.5. The third kappa shape index (κ3) is 10.4. The number of ether oxygens (including phenoxy) is 3. The summed E-state index contributed by atoms with van der Waals surface area (Å²) in [4.78, 5) is 37.7. The molecule has 0 radical (unpaired) electrons. The summed E-state index contributed by atoms with van der Waals surface area (Å²) in [6, 6.07) is 6.33. The summed E-state index contributed by atoms with van der Waals surface area (Å²) in [7, 11) is -3.48. The number of nitrogens with two attached hydrogens (primary N) is 1. The van der Waals surface area contributed by atoms with Crippen LogP contribution < -0.4 is 15.9 Å². The molecular weight excluding hydrogens is 573 g/mol. The molecule has 13 nitrogen and oxygen atoms in total. The third-order valence-electron chi connectivity index (χ3n) is 6.47. The van der Waals surface area contributed by atoms with E-state index in [2.05, 4.69) is 25.1 Å². The molecule has 3 aromatic rings. The van der Waals surface area contributed by atoms with Crippen molar-refractivity contribution in [3.8, 4) is 0 Å². The number of nitrogens with zero attached hydrogens (tertiary/aromatic N) is 4. The number of nitrogen functional groups attached to an aromatic ring is 1. The van der Waals surface area contributed by atoms with Crippen LogP contribution in [0, 0.1) is 5.92 Å². The lowest BCUT2D eigenvalue weighted by Crippen LogP contribution is -2.39. The number of fused-ring (bicyclic) bond motifs is 1. The van der Waals surface area contributed by atoms with Gasteiger partial charge in [-0.2, -0.15) is 0 Å². The zero-order valence-electron chi connectivity index (χ0n) is 25.6. The first-order valence-electron chi connectivity index (χ1n) is 14.6. The molecule has 0 fully saturated rings. The van der Waals surface area contributed by atoms with E-state index in [1.807, 2.05) is 39.8 Å². The quantitative estimate of drug-likeness (QED) is 0.107. The highest BCUT2D eigenvalue weighted by atomic mass is 31.2. The van der Waals surface area contributed by atoms with E-state index >= 15 is 0 Å². The molecule has 236 valence electrons. The fraction of sp³-hybridized carbons (Fsp3) is 0.552. The summed E-state index contributed by atoms with van der Waals surface area (Å²) in [5, 5.41) is 5.99. The molecule has 0 spiro atoms. The van der Waals surface area contributed by atoms with Gasteiger partial charge in [-0.15, -0.1) is 0 Å². The zero-order valence-corrected chi connectivity index (χ0v) is 26.5. The summed E-state index contributed by atoms with van der Waals surface area (Å²) in [5.74, 6) is -0.447. The number of carbonyl (C=O) groups is 2. The normalized spacial score (nSPS) is 14.4. The molecule has 3 atom stereocenters. The standard InChI is InChI=1S/C29H44N7O6P/c1-6-7-14-40-29(38)24-11-9-8-10-23(24)12-13-34-43(39,35-22(5)28(37)41-16-20(2)3)19-42-21(4)15-36-18-33-25-26(30)31-17-32-27(25)36/h8-11,17-18,20-22H,6-7,12-16,19H2,1-5H3,(H2,30,31,32)(H2,34,35,39)/t21-,22+,43-/m1/s1. The molecule has 0 aliphatic heterocycles. The smallest absolute Gasteiger partial charge is 0.338 e. The molecule has 4 N–H and O–H groups in total. The average molecular weight is 618 g/mol. The predicted molar refractivity (Wildman–Crippen MR) is 164 cm³/mol. The third-order valence-corrected chi connectivity index (χ3v) is 8.52. The molecular formula is C29H44N7O6P. The van der Waals surface area contributed by atoms with Gasteiger partial charge < -0.3 is 24.5 Å². The van der Waals surface area contributed by atoms with Crippen LogP contribution >= 0.6 is 7.44 Å². The lowest BCUT2D eigenvalue weighted by atomic mass is 10.0. The second-order valence-electron chi connectivity index (χ2n) is 10.9. The van der Waals surface area contributed by atoms with Crippen molar-refractivity contribution in [3.05, 3.63) is 48.0 Å². The molecule has 3 rings (SSSR count). The Kier molecular flexibility index (Phi) is 13.1. The van der Waals surface area contributed by atoms with Crippen molar-refractivity contribution >= 4 is 36.4 Å². The summed E-state index contributed by atoms with van der Waals surface area (Å²) in [5.41, 5.74) is 8.18. The van der Waals surface area contributed by atoms with Gasteiger partial charge >= 0.3 is 11.9 Å². The van der Waals surface area contributed by atoms with E-state index in [-0.39, 0.29) is 37.2 Å². The minimum atomic E-state index is -3.48. The van der Waals surface area contributed by atoms with E-state index < -0.39 is 25.6 Å². The molecule has 0 aliphatic carbocycles. The van der Waals surface area contributed by atoms with E-state index in [1.165, 1.54) is 6.33 Å². The highest BCUT2D eigenvalue weighted by molar-refractivity contribution is 7.59. The maximum atomic E-state index is 14.1. The van der Waals surface area contributed by atoms with Crippen molar-refractivity contribution in [3.63, 3.8) is 0 Å². The summed E-state index contributed by atoms with van der Waals surface area (Å²) >= 11 is 0. The minimum Gasteiger partial charge on any atom is -0.464 e. The van der Waals surface area contributed by atoms with Crippen LogP contribution in [0.5, 0.6) is 0 Å². The van der Waals surface area contributed by atoms with E-state index in [0.29, 0.717) is 36.3 Å². The fourth-order valence-corrected chi connectivity index (χ4v) is 6.08. The highest BCUT2D eigenvalue weighted by Gasteiger charge is 2.29. The van der Waals surface area contributed by atoms with E-state index in [0.717, 1.165) is 18.4 Å². The number of esters is 2. The Balaban J connectivity index is 1.68. The summed E-state index contributed by atoms with van der Waals surface area (Å²) in [6.45, 7) is 10.6. The van der Waals surface area contributed by atoms with Crippen molar-refractivity contribution in [2.45, 2.75) is 72.6 Å². The molecule has 0 unspecified atom stereocenters. The molecule has 0 aliphatic rings. The Bertz CT molecular complexity index is 1400. The van der Waals surface area contributed by atoms with E-state index in [4.69, 9.17) is 19.9 Å². The second-order valence-corrected chi connectivity index (χ2v) is 13.2. The molecule has 2 heterocycles. The average Bonchev–Trinajstić information content (AvgIpc) is 3.39. The minimum absolute atomic E-state index is 0.166. The number of hydrogen-bond acceptors (Lipinski definition) is 10. The number of anilines is 1. The number of aromatic nitrogens is 4. The van der Waals surface area contributed by atoms with Crippen molar-refractivity contribution in [1.82, 2.24) is 29.7 Å². The highest BCUT2D eigenvalue weighted by Crippen LogP contribution is 2.37. The van der Waals surface area contributed by atoms with Crippen molar-refractivity contribution in [2.24, 2.45) is 5.92 Å². The molecule has 1 aromatic carbocycles. The van der Waals surface area contributed by atoms with Crippen molar-refractivity contribution in [2.75, 3.05) is 31.8 Å². The van der Waals surface area contributed by atoms with Crippen molar-refractivity contribution < 1.29 is 28.4 Å². The van der Waals surface area contributed by atoms with Gasteiger partial charge in [-0.3, -0.25) is 14.4 Å². The number of carbonyl (C=O) groups excluding carboxylic acids is 2. The van der Waals surface area contributed by atoms with Gasteiger partial charge in [0.25, 0.3) is 0 Å². The molecule has 43 heavy (non-hydrogen) atoms. The number of unbranched alkanes of at least 4 members (excludes halogenated alkanes) is 1. The lowest BCUT2D eigenvalue weighted by molar-refractivity contribution is -0.146. The largest absolute Gasteiger partial charge is 0.464 e. The Morgan fingerprint density at radius 1 is 1.09 bits per heavy atom. The van der Waals surface area contributed by atoms with Gasteiger partial charge in [-0.25, -0.2) is 24.8 Å². The fourth-order valence-electron chi connectivity index (χ4n) is 4.16. The van der Waals surface area contributed by atoms with Crippen LogP contribution in [-0.4, -0.2) is 69.7 Å². The predicted octanol–water partition coefficient (Wildman–Crippen LogP) is 3.93. The van der Waals surface area contributed by atoms with Crippen LogP contribution in [0.2, 0.25) is 0 Å². The van der Waals surface area contributed by atoms with Gasteiger partial charge in [0.15, 0.2) is 11.5 Å². The maximum Gasteiger partial charge on any atom is 0.338 e. The number of imidazole rings is 1. The van der Waals surface area contributed by atoms with E-state index in [9.17, 15) is 14.2 Å². The van der Waals surface area contributed by atoms with Gasteiger partial charge in [-0.1, -0.05) is 45.4 Å². The Hall–Kier alpha value is -3.38. The van der Waals surface area contributed by atoms with Crippen LogP contribution in [0.25, 0.3) is 11.2 Å². The Morgan fingerprint density at radius 2 is 1.86 bits per heavy atom. The molecule has 14 heteroatoms. The lowest BCUT2D eigenvalue weighted by Gasteiger charge is -2.26. The number of rotatable bonds is 18. The van der Waals surface area contributed by atoms with Crippen LogP contribution in [0.4, 0.5) is 5.82 Å². The Labute approximate surface area is 252 Å². The number of benzene rings is 1. The van der Waals surface area contributed by atoms with Gasteiger partial charge in [0, 0.05) is 6.54 Å². The SMILES string of the molecule is CCCCOC(=O)c1ccccc1CCN[P@](=O)(CO[C@H](C)Cn1cnc2c(N)ncnc21)N[C@@H](C)C(=O)OCC(C)C. The molecule has 2 aromatic heterocycles. The second kappa shape index (κ2) is 16.5. The van der Waals surface area contributed by atoms with Crippen LogP contribution in [-0.2, 0) is 36.5 Å². The molecule has 0 bridgehead atoms. The topological polar surface area (TPSA) is 173 Å². The molecule has 0 saturated heterocycles. The van der Waals surface area contributed by atoms with E-state index in [1.54, 1.807) is 30.0 Å². The first kappa shape index (κ1) is 34.1. The summed E-state index contributed by atoms with van der Waals surface area (Å²) in [6.07, 6.45) is 4.48. The van der Waals surface area contributed by atoms with Crippen LogP contribution in [0.3, 0.4) is 0 Å². The van der Waals surface area contributed by atoms with Gasteiger partial charge in [0.2, 0.25) is 7.44 Å². The van der Waals surface area contributed by atoms with Gasteiger partial charge in [0.1, 0.15) is 24.2 Å². The van der Waals surface area contributed by atoms with Gasteiger partial charge in [0.05, 0.1) is 37.8 Å². The monoisotopic (exact) mass is 617 g/mol. The summed E-state index contributed by atoms with van der Waals surface area (Å²) < 4.78 is 32.7.